The molecule has 1 fully saturated rings. The third-order valence-corrected chi connectivity index (χ3v) is 7.36. The van der Waals surface area contributed by atoms with E-state index in [2.05, 4.69) is 9.55 Å². The van der Waals surface area contributed by atoms with E-state index in [0.717, 1.165) is 52.6 Å². The largest absolute Gasteiger partial charge is 0.454 e. The summed E-state index contributed by atoms with van der Waals surface area (Å²) in [5, 5.41) is 0.748. The van der Waals surface area contributed by atoms with Crippen LogP contribution in [0, 0.1) is 13.8 Å². The number of carbonyl (C=O) groups excluding carboxylic acids is 2. The molecule has 3 heterocycles. The molecule has 0 bridgehead atoms. The molecular weight excluding hydrogens is 448 g/mol. The van der Waals surface area contributed by atoms with E-state index in [9.17, 15) is 9.59 Å². The maximum atomic E-state index is 13.0. The van der Waals surface area contributed by atoms with Crippen molar-refractivity contribution in [3.05, 3.63) is 77.1 Å². The number of aromatic nitrogens is 2. The molecule has 1 aliphatic rings. The lowest BCUT2D eigenvalue weighted by Gasteiger charge is -2.14. The molecule has 0 radical (unpaired) electrons. The number of ether oxygens (including phenoxy) is 2. The number of hydrogen-bond donors (Lipinski definition) is 0. The fraction of sp³-hybridized carbons (Fsp3) is 0.296. The van der Waals surface area contributed by atoms with Gasteiger partial charge in [0.2, 0.25) is 5.78 Å². The SMILES string of the molecule is Cc1cc(C(=O)COC(=O)c2ccccc2-c2nc3ccccc3s2)c(C)n1CC1CCCO1. The molecule has 4 aromatic rings. The number of aryl methyl sites for hydroxylation is 1. The van der Waals surface area contributed by atoms with Gasteiger partial charge in [-0.05, 0) is 51.0 Å². The molecule has 6 nitrogen and oxygen atoms in total. The Hall–Kier alpha value is -3.29. The average molecular weight is 475 g/mol. The van der Waals surface area contributed by atoms with Gasteiger partial charge >= 0.3 is 5.97 Å². The van der Waals surface area contributed by atoms with Crippen molar-refractivity contribution in [1.82, 2.24) is 9.55 Å². The molecule has 174 valence electrons. The van der Waals surface area contributed by atoms with Crippen LogP contribution in [0.3, 0.4) is 0 Å². The summed E-state index contributed by atoms with van der Waals surface area (Å²) in [6.07, 6.45) is 2.29. The van der Waals surface area contributed by atoms with E-state index in [1.807, 2.05) is 56.3 Å². The topological polar surface area (TPSA) is 70.4 Å². The molecule has 2 aromatic heterocycles. The molecule has 1 saturated heterocycles. The monoisotopic (exact) mass is 474 g/mol. The quantitative estimate of drug-likeness (QED) is 0.258. The highest BCUT2D eigenvalue weighted by Crippen LogP contribution is 2.32. The predicted octanol–water partition coefficient (Wildman–Crippen LogP) is 5.60. The molecule has 0 aliphatic carbocycles. The van der Waals surface area contributed by atoms with Crippen molar-refractivity contribution in [3.8, 4) is 10.6 Å². The molecule has 34 heavy (non-hydrogen) atoms. The fourth-order valence-electron chi connectivity index (χ4n) is 4.48. The van der Waals surface area contributed by atoms with E-state index < -0.39 is 5.97 Å². The highest BCUT2D eigenvalue weighted by Gasteiger charge is 2.23. The molecule has 2 aromatic carbocycles. The van der Waals surface area contributed by atoms with Gasteiger partial charge in [0.15, 0.2) is 6.61 Å². The normalized spacial score (nSPS) is 15.6. The Morgan fingerprint density at radius 3 is 2.71 bits per heavy atom. The number of carbonyl (C=O) groups is 2. The molecule has 0 spiro atoms. The zero-order chi connectivity index (χ0) is 23.7. The van der Waals surface area contributed by atoms with Gasteiger partial charge in [0.25, 0.3) is 0 Å². The molecule has 5 rings (SSSR count). The minimum absolute atomic E-state index is 0.185. The Morgan fingerprint density at radius 2 is 1.91 bits per heavy atom. The van der Waals surface area contributed by atoms with E-state index in [-0.39, 0.29) is 18.5 Å². The van der Waals surface area contributed by atoms with Gasteiger partial charge in [-0.1, -0.05) is 30.3 Å². The number of para-hydroxylation sites is 1. The van der Waals surface area contributed by atoms with Crippen molar-refractivity contribution in [2.75, 3.05) is 13.2 Å². The van der Waals surface area contributed by atoms with Gasteiger partial charge in [-0.25, -0.2) is 9.78 Å². The van der Waals surface area contributed by atoms with E-state index in [0.29, 0.717) is 16.7 Å². The highest BCUT2D eigenvalue weighted by molar-refractivity contribution is 7.21. The van der Waals surface area contributed by atoms with Crippen LogP contribution >= 0.6 is 11.3 Å². The van der Waals surface area contributed by atoms with Crippen molar-refractivity contribution >= 4 is 33.3 Å². The van der Waals surface area contributed by atoms with Crippen LogP contribution < -0.4 is 0 Å². The molecule has 1 atom stereocenters. The lowest BCUT2D eigenvalue weighted by atomic mass is 10.1. The number of thiazole rings is 1. The molecule has 1 aliphatic heterocycles. The summed E-state index contributed by atoms with van der Waals surface area (Å²) < 4.78 is 14.4. The van der Waals surface area contributed by atoms with Crippen LogP contribution in [0.15, 0.2) is 54.6 Å². The Bertz CT molecular complexity index is 1330. The Kier molecular flexibility index (Phi) is 6.30. The number of benzene rings is 2. The van der Waals surface area contributed by atoms with Gasteiger partial charge in [0.1, 0.15) is 5.01 Å². The van der Waals surface area contributed by atoms with Crippen LogP contribution in [0.25, 0.3) is 20.8 Å². The van der Waals surface area contributed by atoms with Crippen LogP contribution in [-0.4, -0.2) is 40.6 Å². The van der Waals surface area contributed by atoms with Crippen LogP contribution in [0.1, 0.15) is 44.9 Å². The first-order valence-electron chi connectivity index (χ1n) is 11.4. The Balaban J connectivity index is 1.31. The van der Waals surface area contributed by atoms with Crippen LogP contribution in [0.5, 0.6) is 0 Å². The van der Waals surface area contributed by atoms with E-state index in [1.54, 1.807) is 12.1 Å². The number of rotatable bonds is 7. The molecule has 1 unspecified atom stereocenters. The number of esters is 1. The second kappa shape index (κ2) is 9.52. The Labute approximate surface area is 202 Å². The van der Waals surface area contributed by atoms with Crippen molar-refractivity contribution in [1.29, 1.82) is 0 Å². The number of fused-ring (bicyclic) bond motifs is 1. The summed E-state index contributed by atoms with van der Waals surface area (Å²) >= 11 is 1.52. The summed E-state index contributed by atoms with van der Waals surface area (Å²) in [6, 6.07) is 16.9. The van der Waals surface area contributed by atoms with Crippen LogP contribution in [-0.2, 0) is 16.0 Å². The second-order valence-electron chi connectivity index (χ2n) is 8.56. The van der Waals surface area contributed by atoms with Gasteiger partial charge in [-0.3, -0.25) is 4.79 Å². The molecule has 7 heteroatoms. The third-order valence-electron chi connectivity index (χ3n) is 6.29. The minimum Gasteiger partial charge on any atom is -0.454 e. The first-order valence-corrected chi connectivity index (χ1v) is 12.3. The lowest BCUT2D eigenvalue weighted by Crippen LogP contribution is -2.18. The number of hydrogen-bond acceptors (Lipinski definition) is 6. The van der Waals surface area contributed by atoms with Crippen LogP contribution in [0.2, 0.25) is 0 Å². The molecule has 0 amide bonds. The summed E-state index contributed by atoms with van der Waals surface area (Å²) in [5.41, 5.74) is 4.46. The average Bonchev–Trinajstić information content (AvgIpc) is 3.58. The van der Waals surface area contributed by atoms with Crippen molar-refractivity contribution in [2.45, 2.75) is 39.3 Å². The van der Waals surface area contributed by atoms with Crippen LogP contribution in [0.4, 0.5) is 0 Å². The van der Waals surface area contributed by atoms with E-state index in [1.165, 1.54) is 11.3 Å². The first kappa shape index (κ1) is 22.5. The maximum absolute atomic E-state index is 13.0. The van der Waals surface area contributed by atoms with Crippen molar-refractivity contribution in [2.24, 2.45) is 0 Å². The summed E-state index contributed by atoms with van der Waals surface area (Å²) in [7, 11) is 0. The highest BCUT2D eigenvalue weighted by atomic mass is 32.1. The van der Waals surface area contributed by atoms with E-state index in [4.69, 9.17) is 9.47 Å². The van der Waals surface area contributed by atoms with Crippen molar-refractivity contribution in [3.63, 3.8) is 0 Å². The lowest BCUT2D eigenvalue weighted by molar-refractivity contribution is 0.0475. The van der Waals surface area contributed by atoms with E-state index >= 15 is 0 Å². The summed E-state index contributed by atoms with van der Waals surface area (Å²) in [4.78, 5) is 30.6. The predicted molar refractivity (Wildman–Crippen MR) is 133 cm³/mol. The molecule has 0 N–H and O–H groups in total. The number of Topliss-reactive ketones (excluding diaryl/α,β-unsaturated/α-hetero) is 1. The first-order chi connectivity index (χ1) is 16.5. The zero-order valence-corrected chi connectivity index (χ0v) is 20.1. The second-order valence-corrected chi connectivity index (χ2v) is 9.59. The molecular formula is C27H26N2O4S. The van der Waals surface area contributed by atoms with Gasteiger partial charge < -0.3 is 14.0 Å². The summed E-state index contributed by atoms with van der Waals surface area (Å²) in [5.74, 6) is -0.742. The van der Waals surface area contributed by atoms with Gasteiger partial charge in [0.05, 0.1) is 21.9 Å². The standard InChI is InChI=1S/C27H26N2O4S/c1-17-14-22(18(2)29(17)15-19-8-7-13-32-19)24(30)16-33-27(31)21-10-4-3-9-20(21)26-28-23-11-5-6-12-25(23)34-26/h3-6,9-12,14,19H,7-8,13,15-16H2,1-2H3. The van der Waals surface area contributed by atoms with Gasteiger partial charge in [-0.15, -0.1) is 11.3 Å². The fourth-order valence-corrected chi connectivity index (χ4v) is 5.48. The van der Waals surface area contributed by atoms with Gasteiger partial charge in [0, 0.05) is 35.7 Å². The summed E-state index contributed by atoms with van der Waals surface area (Å²) in [6.45, 7) is 5.14. The number of nitrogens with zero attached hydrogens (tertiary/aromatic N) is 2. The molecule has 0 saturated carbocycles. The third kappa shape index (κ3) is 4.41. The zero-order valence-electron chi connectivity index (χ0n) is 19.2. The van der Waals surface area contributed by atoms with Crippen molar-refractivity contribution < 1.29 is 19.1 Å². The maximum Gasteiger partial charge on any atom is 0.339 e. The minimum atomic E-state index is -0.531. The Morgan fingerprint density at radius 1 is 1.12 bits per heavy atom. The smallest absolute Gasteiger partial charge is 0.339 e. The van der Waals surface area contributed by atoms with Gasteiger partial charge in [-0.2, -0.15) is 0 Å². The number of ketones is 1.